The van der Waals surface area contributed by atoms with Crippen molar-refractivity contribution in [2.24, 2.45) is 0 Å². The fourth-order valence-electron chi connectivity index (χ4n) is 2.06. The van der Waals surface area contributed by atoms with Gasteiger partial charge in [0.2, 0.25) is 0 Å². The zero-order valence-electron chi connectivity index (χ0n) is 10.0. The maximum atomic E-state index is 3.66. The number of benzene rings is 1. The first kappa shape index (κ1) is 12.0. The Bertz CT molecular complexity index is 301. The second-order valence-corrected chi connectivity index (χ2v) is 5.66. The topological polar surface area (TPSA) is 12.0 Å². The van der Waals surface area contributed by atoms with Gasteiger partial charge in [-0.2, -0.15) is 11.8 Å². The van der Waals surface area contributed by atoms with Gasteiger partial charge in [0.15, 0.2) is 0 Å². The van der Waals surface area contributed by atoms with E-state index >= 15 is 0 Å². The zero-order valence-corrected chi connectivity index (χ0v) is 10.9. The van der Waals surface area contributed by atoms with Crippen molar-refractivity contribution in [3.63, 3.8) is 0 Å². The fourth-order valence-corrected chi connectivity index (χ4v) is 3.16. The van der Waals surface area contributed by atoms with Gasteiger partial charge in [-0.25, -0.2) is 0 Å². The number of hydrogen-bond donors (Lipinski definition) is 1. The smallest absolute Gasteiger partial charge is 0.0208 e. The highest BCUT2D eigenvalue weighted by atomic mass is 32.2. The molecule has 1 nitrogen and oxygen atoms in total. The van der Waals surface area contributed by atoms with Gasteiger partial charge in [0.1, 0.15) is 0 Å². The Hall–Kier alpha value is -0.470. The summed E-state index contributed by atoms with van der Waals surface area (Å²) in [5.74, 6) is 2.65. The van der Waals surface area contributed by atoms with Crippen molar-refractivity contribution < 1.29 is 0 Å². The zero-order chi connectivity index (χ0) is 11.2. The first-order valence-electron chi connectivity index (χ1n) is 6.27. The molecule has 0 spiro atoms. The van der Waals surface area contributed by atoms with Crippen LogP contribution in [0, 0.1) is 0 Å². The lowest BCUT2D eigenvalue weighted by atomic mass is 10.1. The summed E-state index contributed by atoms with van der Waals surface area (Å²) in [6, 6.07) is 9.74. The Labute approximate surface area is 103 Å². The van der Waals surface area contributed by atoms with Crippen LogP contribution in [0.3, 0.4) is 0 Å². The summed E-state index contributed by atoms with van der Waals surface area (Å²) in [6.45, 7) is 3.23. The Balaban J connectivity index is 1.79. The van der Waals surface area contributed by atoms with Crippen LogP contribution in [0.15, 0.2) is 24.3 Å². The largest absolute Gasteiger partial charge is 0.310 e. The third-order valence-corrected chi connectivity index (χ3v) is 4.30. The summed E-state index contributed by atoms with van der Waals surface area (Å²) >= 11 is 2.09. The van der Waals surface area contributed by atoms with E-state index in [0.717, 1.165) is 19.0 Å². The molecule has 1 heterocycles. The van der Waals surface area contributed by atoms with Crippen LogP contribution in [-0.4, -0.2) is 17.5 Å². The van der Waals surface area contributed by atoms with Crippen molar-refractivity contribution in [2.75, 3.05) is 11.5 Å². The average molecular weight is 235 g/mol. The molecule has 1 aliphatic rings. The standard InChI is InChI=1S/C14H21NS/c1-2-12-3-5-13(6-4-12)11-15-14-7-9-16-10-8-14/h3-6,14-15H,2,7-11H2,1H3. The number of aryl methyl sites for hydroxylation is 1. The van der Waals surface area contributed by atoms with Crippen LogP contribution in [0.2, 0.25) is 0 Å². The van der Waals surface area contributed by atoms with Crippen LogP contribution in [-0.2, 0) is 13.0 Å². The molecular weight excluding hydrogens is 214 g/mol. The van der Waals surface area contributed by atoms with Crippen LogP contribution in [0.4, 0.5) is 0 Å². The molecular formula is C14H21NS. The Morgan fingerprint density at radius 2 is 1.75 bits per heavy atom. The monoisotopic (exact) mass is 235 g/mol. The minimum Gasteiger partial charge on any atom is -0.310 e. The molecule has 0 saturated carbocycles. The summed E-state index contributed by atoms with van der Waals surface area (Å²) < 4.78 is 0. The second kappa shape index (κ2) is 6.31. The van der Waals surface area contributed by atoms with Crippen LogP contribution in [0.5, 0.6) is 0 Å². The first-order valence-corrected chi connectivity index (χ1v) is 7.43. The van der Waals surface area contributed by atoms with E-state index in [1.807, 2.05) is 0 Å². The first-order chi connectivity index (χ1) is 7.88. The molecule has 2 rings (SSSR count). The van der Waals surface area contributed by atoms with E-state index in [9.17, 15) is 0 Å². The molecule has 0 aromatic heterocycles. The van der Waals surface area contributed by atoms with Gasteiger partial charge in [-0.15, -0.1) is 0 Å². The minimum atomic E-state index is 0.743. The van der Waals surface area contributed by atoms with Gasteiger partial charge in [-0.1, -0.05) is 31.2 Å². The van der Waals surface area contributed by atoms with Crippen molar-refractivity contribution in [1.29, 1.82) is 0 Å². The van der Waals surface area contributed by atoms with E-state index in [2.05, 4.69) is 48.3 Å². The SMILES string of the molecule is CCc1ccc(CNC2CCSCC2)cc1. The number of nitrogens with one attached hydrogen (secondary N) is 1. The lowest BCUT2D eigenvalue weighted by molar-refractivity contribution is 0.482. The van der Waals surface area contributed by atoms with Crippen LogP contribution >= 0.6 is 11.8 Å². The van der Waals surface area contributed by atoms with Gasteiger partial charge in [0, 0.05) is 12.6 Å². The van der Waals surface area contributed by atoms with E-state index in [-0.39, 0.29) is 0 Å². The average Bonchev–Trinajstić information content (AvgIpc) is 2.38. The van der Waals surface area contributed by atoms with Gasteiger partial charge < -0.3 is 5.32 Å². The molecule has 1 saturated heterocycles. The van der Waals surface area contributed by atoms with E-state index < -0.39 is 0 Å². The van der Waals surface area contributed by atoms with Gasteiger partial charge in [-0.3, -0.25) is 0 Å². The third kappa shape index (κ3) is 3.53. The number of hydrogen-bond acceptors (Lipinski definition) is 2. The van der Waals surface area contributed by atoms with Crippen molar-refractivity contribution >= 4 is 11.8 Å². The van der Waals surface area contributed by atoms with Crippen molar-refractivity contribution in [3.8, 4) is 0 Å². The summed E-state index contributed by atoms with van der Waals surface area (Å²) in [4.78, 5) is 0. The molecule has 1 aliphatic heterocycles. The quantitative estimate of drug-likeness (QED) is 0.860. The Morgan fingerprint density at radius 1 is 1.12 bits per heavy atom. The molecule has 0 amide bonds. The minimum absolute atomic E-state index is 0.743. The predicted octanol–water partition coefficient (Wildman–Crippen LogP) is 3.23. The van der Waals surface area contributed by atoms with Gasteiger partial charge in [0.05, 0.1) is 0 Å². The maximum Gasteiger partial charge on any atom is 0.0208 e. The lowest BCUT2D eigenvalue weighted by Crippen LogP contribution is -2.31. The summed E-state index contributed by atoms with van der Waals surface area (Å²) in [5.41, 5.74) is 2.84. The van der Waals surface area contributed by atoms with E-state index in [1.54, 1.807) is 0 Å². The van der Waals surface area contributed by atoms with Crippen molar-refractivity contribution in [3.05, 3.63) is 35.4 Å². The lowest BCUT2D eigenvalue weighted by Gasteiger charge is -2.22. The highest BCUT2D eigenvalue weighted by Crippen LogP contribution is 2.17. The van der Waals surface area contributed by atoms with Crippen molar-refractivity contribution in [1.82, 2.24) is 5.32 Å². The van der Waals surface area contributed by atoms with E-state index in [4.69, 9.17) is 0 Å². The van der Waals surface area contributed by atoms with Crippen molar-refractivity contribution in [2.45, 2.75) is 38.8 Å². The second-order valence-electron chi connectivity index (χ2n) is 4.44. The molecule has 16 heavy (non-hydrogen) atoms. The molecule has 0 aliphatic carbocycles. The van der Waals surface area contributed by atoms with Gasteiger partial charge >= 0.3 is 0 Å². The molecule has 1 fully saturated rings. The Morgan fingerprint density at radius 3 is 2.38 bits per heavy atom. The number of rotatable bonds is 4. The molecule has 1 N–H and O–H groups in total. The van der Waals surface area contributed by atoms with E-state index in [1.165, 1.54) is 35.5 Å². The molecule has 2 heteroatoms. The molecule has 88 valence electrons. The normalized spacial score (nSPS) is 17.6. The third-order valence-electron chi connectivity index (χ3n) is 3.25. The highest BCUT2D eigenvalue weighted by Gasteiger charge is 2.12. The van der Waals surface area contributed by atoms with Gasteiger partial charge in [-0.05, 0) is 41.9 Å². The Kier molecular flexibility index (Phi) is 4.73. The molecule has 1 aromatic carbocycles. The molecule has 0 atom stereocenters. The van der Waals surface area contributed by atoms with Crippen LogP contribution in [0.1, 0.15) is 30.9 Å². The molecule has 0 unspecified atom stereocenters. The fraction of sp³-hybridized carbons (Fsp3) is 0.571. The van der Waals surface area contributed by atoms with Gasteiger partial charge in [0.25, 0.3) is 0 Å². The molecule has 0 bridgehead atoms. The molecule has 0 radical (unpaired) electrons. The summed E-state index contributed by atoms with van der Waals surface area (Å²) in [6.07, 6.45) is 3.79. The molecule has 1 aromatic rings. The maximum absolute atomic E-state index is 3.66. The predicted molar refractivity (Wildman–Crippen MR) is 73.0 cm³/mol. The van der Waals surface area contributed by atoms with E-state index in [0.29, 0.717) is 0 Å². The summed E-state index contributed by atoms with van der Waals surface area (Å²) in [7, 11) is 0. The summed E-state index contributed by atoms with van der Waals surface area (Å²) in [5, 5.41) is 3.66. The van der Waals surface area contributed by atoms with Crippen LogP contribution < -0.4 is 5.32 Å². The number of thioether (sulfide) groups is 1. The van der Waals surface area contributed by atoms with Crippen LogP contribution in [0.25, 0.3) is 0 Å². The highest BCUT2D eigenvalue weighted by molar-refractivity contribution is 7.99.